The SMILES string of the molecule is Cc1ccc(C2C(c3ccccc3)=NC(c3ccccc3)=CN2S(=O)(=O)c2ccc(C)cc2)cc1. The van der Waals surface area contributed by atoms with Gasteiger partial charge in [0, 0.05) is 11.8 Å². The molecule has 0 radical (unpaired) electrons. The second-order valence-corrected chi connectivity index (χ2v) is 10.5. The second kappa shape index (κ2) is 9.35. The van der Waals surface area contributed by atoms with E-state index >= 15 is 0 Å². The summed E-state index contributed by atoms with van der Waals surface area (Å²) >= 11 is 0. The molecule has 5 heteroatoms. The lowest BCUT2D eigenvalue weighted by atomic mass is 9.94. The van der Waals surface area contributed by atoms with Crippen molar-refractivity contribution in [3.05, 3.63) is 143 Å². The summed E-state index contributed by atoms with van der Waals surface area (Å²) in [5.74, 6) is 0. The molecule has 0 fully saturated rings. The molecule has 1 unspecified atom stereocenters. The van der Waals surface area contributed by atoms with Crippen LogP contribution < -0.4 is 0 Å². The topological polar surface area (TPSA) is 49.7 Å². The monoisotopic (exact) mass is 478 g/mol. The Kier molecular flexibility index (Phi) is 6.10. The minimum Gasteiger partial charge on any atom is -0.258 e. The molecule has 4 aromatic rings. The van der Waals surface area contributed by atoms with Crippen LogP contribution in [0.2, 0.25) is 0 Å². The minimum atomic E-state index is -3.89. The second-order valence-electron chi connectivity index (χ2n) is 8.70. The van der Waals surface area contributed by atoms with Gasteiger partial charge in [0.15, 0.2) is 0 Å². The Hall–Kier alpha value is -3.96. The normalized spacial score (nSPS) is 15.9. The molecular weight excluding hydrogens is 452 g/mol. The van der Waals surface area contributed by atoms with E-state index in [1.165, 1.54) is 4.31 Å². The van der Waals surface area contributed by atoms with Crippen molar-refractivity contribution in [2.75, 3.05) is 0 Å². The molecule has 0 aromatic heterocycles. The van der Waals surface area contributed by atoms with E-state index in [0.717, 1.165) is 27.8 Å². The van der Waals surface area contributed by atoms with E-state index < -0.39 is 16.1 Å². The lowest BCUT2D eigenvalue weighted by molar-refractivity contribution is 0.470. The standard InChI is InChI=1S/C30H26N2O2S/c1-22-13-17-26(18-14-22)30-29(25-11-7-4-8-12-25)31-28(24-9-5-3-6-10-24)21-32(30)35(33,34)27-19-15-23(2)16-20-27/h3-21,30H,1-2H3. The molecule has 0 bridgehead atoms. The molecular formula is C30H26N2O2S. The molecule has 4 aromatic carbocycles. The molecule has 174 valence electrons. The average Bonchev–Trinajstić information content (AvgIpc) is 2.90. The molecule has 1 heterocycles. The number of hydrogen-bond acceptors (Lipinski definition) is 3. The molecule has 0 amide bonds. The molecule has 35 heavy (non-hydrogen) atoms. The Balaban J connectivity index is 1.76. The smallest absolute Gasteiger partial charge is 0.258 e. The Morgan fingerprint density at radius 1 is 0.657 bits per heavy atom. The van der Waals surface area contributed by atoms with Gasteiger partial charge < -0.3 is 0 Å². The zero-order chi connectivity index (χ0) is 24.4. The molecule has 1 aliphatic heterocycles. The van der Waals surface area contributed by atoms with Crippen LogP contribution >= 0.6 is 0 Å². The van der Waals surface area contributed by atoms with Gasteiger partial charge in [0.2, 0.25) is 0 Å². The number of hydrogen-bond donors (Lipinski definition) is 0. The maximum atomic E-state index is 14.1. The molecule has 0 saturated carbocycles. The molecule has 0 saturated heterocycles. The van der Waals surface area contributed by atoms with E-state index in [1.54, 1.807) is 18.3 Å². The number of sulfonamides is 1. The third-order valence-corrected chi connectivity index (χ3v) is 7.87. The predicted octanol–water partition coefficient (Wildman–Crippen LogP) is 6.54. The van der Waals surface area contributed by atoms with E-state index in [0.29, 0.717) is 11.4 Å². The lowest BCUT2D eigenvalue weighted by Gasteiger charge is -2.35. The number of benzene rings is 4. The summed E-state index contributed by atoms with van der Waals surface area (Å²) in [6.07, 6.45) is 1.67. The number of aliphatic imine (C=N–C) groups is 1. The maximum absolute atomic E-state index is 14.1. The van der Waals surface area contributed by atoms with E-state index in [-0.39, 0.29) is 4.90 Å². The highest BCUT2D eigenvalue weighted by molar-refractivity contribution is 7.89. The highest BCUT2D eigenvalue weighted by Gasteiger charge is 2.37. The summed E-state index contributed by atoms with van der Waals surface area (Å²) in [5, 5.41) is 0. The summed E-state index contributed by atoms with van der Waals surface area (Å²) in [6, 6.07) is 33.8. The third kappa shape index (κ3) is 4.55. The van der Waals surface area contributed by atoms with Crippen LogP contribution in [0.4, 0.5) is 0 Å². The fourth-order valence-corrected chi connectivity index (χ4v) is 5.67. The van der Waals surface area contributed by atoms with Crippen LogP contribution in [0.3, 0.4) is 0 Å². The Morgan fingerprint density at radius 2 is 1.17 bits per heavy atom. The fraction of sp³-hybridized carbons (Fsp3) is 0.100. The summed E-state index contributed by atoms with van der Waals surface area (Å²) in [6.45, 7) is 3.96. The van der Waals surface area contributed by atoms with Crippen molar-refractivity contribution in [1.82, 2.24) is 4.31 Å². The van der Waals surface area contributed by atoms with Crippen LogP contribution in [-0.4, -0.2) is 18.4 Å². The Labute approximate surface area is 207 Å². The van der Waals surface area contributed by atoms with Crippen molar-refractivity contribution in [3.8, 4) is 0 Å². The van der Waals surface area contributed by atoms with Crippen LogP contribution in [0, 0.1) is 13.8 Å². The van der Waals surface area contributed by atoms with Gasteiger partial charge in [-0.1, -0.05) is 108 Å². The van der Waals surface area contributed by atoms with Crippen LogP contribution in [0.5, 0.6) is 0 Å². The highest BCUT2D eigenvalue weighted by Crippen LogP contribution is 2.38. The van der Waals surface area contributed by atoms with Gasteiger partial charge in [0.05, 0.1) is 16.3 Å². The van der Waals surface area contributed by atoms with Gasteiger partial charge in [-0.15, -0.1) is 0 Å². The van der Waals surface area contributed by atoms with Gasteiger partial charge in [0.25, 0.3) is 10.0 Å². The molecule has 0 aliphatic carbocycles. The molecule has 4 nitrogen and oxygen atoms in total. The molecule has 0 spiro atoms. The predicted molar refractivity (Wildman–Crippen MR) is 142 cm³/mol. The zero-order valence-electron chi connectivity index (χ0n) is 19.7. The van der Waals surface area contributed by atoms with Crippen LogP contribution in [0.25, 0.3) is 5.70 Å². The zero-order valence-corrected chi connectivity index (χ0v) is 20.5. The first-order valence-electron chi connectivity index (χ1n) is 11.5. The van der Waals surface area contributed by atoms with Crippen molar-refractivity contribution in [3.63, 3.8) is 0 Å². The quantitative estimate of drug-likeness (QED) is 0.327. The van der Waals surface area contributed by atoms with E-state index in [1.807, 2.05) is 111 Å². The van der Waals surface area contributed by atoms with Crippen molar-refractivity contribution in [2.24, 2.45) is 4.99 Å². The van der Waals surface area contributed by atoms with Crippen molar-refractivity contribution in [1.29, 1.82) is 0 Å². The van der Waals surface area contributed by atoms with E-state index in [4.69, 9.17) is 4.99 Å². The Morgan fingerprint density at radius 3 is 1.74 bits per heavy atom. The van der Waals surface area contributed by atoms with E-state index in [9.17, 15) is 8.42 Å². The van der Waals surface area contributed by atoms with Gasteiger partial charge in [-0.25, -0.2) is 13.4 Å². The van der Waals surface area contributed by atoms with Gasteiger partial charge in [-0.05, 0) is 37.1 Å². The molecule has 1 aliphatic rings. The van der Waals surface area contributed by atoms with Crippen LogP contribution in [0.1, 0.15) is 33.9 Å². The summed E-state index contributed by atoms with van der Waals surface area (Å²) in [5.41, 5.74) is 5.99. The first-order chi connectivity index (χ1) is 16.9. The first kappa shape index (κ1) is 22.8. The largest absolute Gasteiger partial charge is 0.264 e. The number of rotatable bonds is 5. The van der Waals surface area contributed by atoms with Gasteiger partial charge in [-0.2, -0.15) is 0 Å². The molecule has 0 N–H and O–H groups in total. The maximum Gasteiger partial charge on any atom is 0.264 e. The minimum absolute atomic E-state index is 0.248. The highest BCUT2D eigenvalue weighted by atomic mass is 32.2. The summed E-state index contributed by atoms with van der Waals surface area (Å²) in [4.78, 5) is 5.29. The van der Waals surface area contributed by atoms with Crippen molar-refractivity contribution < 1.29 is 8.42 Å². The third-order valence-electron chi connectivity index (χ3n) is 6.13. The lowest BCUT2D eigenvalue weighted by Crippen LogP contribution is -2.38. The fourth-order valence-electron chi connectivity index (χ4n) is 4.21. The average molecular weight is 479 g/mol. The molecule has 5 rings (SSSR count). The van der Waals surface area contributed by atoms with Crippen LogP contribution in [-0.2, 0) is 10.0 Å². The summed E-state index contributed by atoms with van der Waals surface area (Å²) in [7, 11) is -3.89. The summed E-state index contributed by atoms with van der Waals surface area (Å²) < 4.78 is 29.7. The first-order valence-corrected chi connectivity index (χ1v) is 13.0. The van der Waals surface area contributed by atoms with E-state index in [2.05, 4.69) is 0 Å². The Bertz CT molecular complexity index is 1490. The van der Waals surface area contributed by atoms with Crippen molar-refractivity contribution >= 4 is 21.4 Å². The van der Waals surface area contributed by atoms with Crippen LogP contribution in [0.15, 0.2) is 125 Å². The number of aryl methyl sites for hydroxylation is 2. The van der Waals surface area contributed by atoms with Gasteiger partial charge in [0.1, 0.15) is 6.04 Å². The number of nitrogens with zero attached hydrogens (tertiary/aromatic N) is 2. The van der Waals surface area contributed by atoms with Gasteiger partial charge >= 0.3 is 0 Å². The van der Waals surface area contributed by atoms with Crippen molar-refractivity contribution in [2.45, 2.75) is 24.8 Å². The van der Waals surface area contributed by atoms with Gasteiger partial charge in [-0.3, -0.25) is 4.31 Å². The molecule has 1 atom stereocenters.